The van der Waals surface area contributed by atoms with Crippen LogP contribution in [0.15, 0.2) is 24.0 Å². The zero-order chi connectivity index (χ0) is 33.0. The maximum absolute atomic E-state index is 13.0. The van der Waals surface area contributed by atoms with Crippen molar-refractivity contribution >= 4 is 29.8 Å². The summed E-state index contributed by atoms with van der Waals surface area (Å²) in [5.41, 5.74) is -0.265. The van der Waals surface area contributed by atoms with Gasteiger partial charge in [-0.25, -0.2) is 19.2 Å². The number of aliphatic hydroxyl groups excluding tert-OH is 3. The summed E-state index contributed by atoms with van der Waals surface area (Å²) in [6, 6.07) is 3.31. The highest BCUT2D eigenvalue weighted by molar-refractivity contribution is 5.88. The van der Waals surface area contributed by atoms with E-state index < -0.39 is 77.8 Å². The Kier molecular flexibility index (Phi) is 8.39. The number of piperidine rings is 1. The molecule has 1 spiro atoms. The summed E-state index contributed by atoms with van der Waals surface area (Å²) in [4.78, 5) is 61.6. The van der Waals surface area contributed by atoms with Crippen LogP contribution in [-0.2, 0) is 56.6 Å². The predicted molar refractivity (Wildman–Crippen MR) is 144 cm³/mol. The molecule has 0 saturated carbocycles. The number of carboxylic acids is 2. The normalized spacial score (nSPS) is 28.7. The maximum atomic E-state index is 13.0. The van der Waals surface area contributed by atoms with Gasteiger partial charge in [-0.2, -0.15) is 0 Å². The molecule has 6 N–H and O–H groups in total. The van der Waals surface area contributed by atoms with E-state index in [1.807, 2.05) is 13.1 Å². The lowest BCUT2D eigenvalue weighted by Gasteiger charge is -2.61. The lowest BCUT2D eigenvalue weighted by molar-refractivity contribution is -0.186. The van der Waals surface area contributed by atoms with Crippen LogP contribution in [0.5, 0.6) is 5.75 Å². The van der Waals surface area contributed by atoms with Crippen LogP contribution < -0.4 is 4.74 Å². The number of hydrogen-bond acceptors (Lipinski definition) is 14. The number of aliphatic carboxylic acids is 2. The Hall–Kier alpha value is -4.09. The summed E-state index contributed by atoms with van der Waals surface area (Å²) in [7, 11) is 1.91. The molecule has 1 aromatic carbocycles. The summed E-state index contributed by atoms with van der Waals surface area (Å²) in [5, 5.41) is 60.8. The Morgan fingerprint density at radius 2 is 1.76 bits per heavy atom. The lowest BCUT2D eigenvalue weighted by Crippen LogP contribution is -2.74. The molecule has 1 saturated heterocycles. The van der Waals surface area contributed by atoms with Crippen LogP contribution >= 0.6 is 0 Å². The maximum Gasteiger partial charge on any atom is 0.348 e. The molecular weight excluding hydrogens is 602 g/mol. The van der Waals surface area contributed by atoms with Crippen LogP contribution in [-0.4, -0.2) is 121 Å². The van der Waals surface area contributed by atoms with Gasteiger partial charge >= 0.3 is 29.8 Å². The fourth-order valence-corrected chi connectivity index (χ4v) is 6.93. The van der Waals surface area contributed by atoms with Crippen molar-refractivity contribution in [2.24, 2.45) is 0 Å². The average Bonchev–Trinajstić information content (AvgIpc) is 3.34. The molecule has 8 atom stereocenters. The number of rotatable bonds is 11. The van der Waals surface area contributed by atoms with Gasteiger partial charge in [0.05, 0.1) is 24.0 Å². The number of ether oxygens (including phenoxy) is 4. The van der Waals surface area contributed by atoms with E-state index in [1.165, 1.54) is 6.08 Å². The second kappa shape index (κ2) is 11.7. The second-order valence-corrected chi connectivity index (χ2v) is 11.7. The number of likely N-dealkylation sites (N-methyl/N-ethyl adjacent to an activating group) is 1. The Morgan fingerprint density at radius 1 is 1.07 bits per heavy atom. The number of likely N-dealkylation sites (tertiary alicyclic amines) is 1. The van der Waals surface area contributed by atoms with E-state index in [9.17, 15) is 44.4 Å². The summed E-state index contributed by atoms with van der Waals surface area (Å²) in [5.74, 6) is -7.62. The van der Waals surface area contributed by atoms with Gasteiger partial charge in [-0.05, 0) is 45.0 Å². The molecule has 16 heteroatoms. The number of hydrogen-bond donors (Lipinski definition) is 6. The number of carboxylic acid groups (broad SMARTS) is 2. The number of nitrogens with zero attached hydrogens (tertiary/aromatic N) is 1. The number of carbonyl (C=O) groups is 5. The highest BCUT2D eigenvalue weighted by Crippen LogP contribution is 2.64. The highest BCUT2D eigenvalue weighted by Gasteiger charge is 2.72. The fraction of sp³-hybridized carbons (Fsp3) is 0.552. The first-order valence-corrected chi connectivity index (χ1v) is 14.1. The van der Waals surface area contributed by atoms with Crippen molar-refractivity contribution in [1.29, 1.82) is 0 Å². The molecule has 244 valence electrons. The molecule has 45 heavy (non-hydrogen) atoms. The van der Waals surface area contributed by atoms with E-state index in [0.717, 1.165) is 18.1 Å². The van der Waals surface area contributed by atoms with Crippen molar-refractivity contribution in [2.75, 3.05) is 13.6 Å². The van der Waals surface area contributed by atoms with Gasteiger partial charge < -0.3 is 54.5 Å². The Bertz CT molecular complexity index is 1470. The van der Waals surface area contributed by atoms with Gasteiger partial charge in [0, 0.05) is 23.6 Å². The number of esters is 3. The molecule has 2 bridgehead atoms. The van der Waals surface area contributed by atoms with Gasteiger partial charge in [-0.1, -0.05) is 12.1 Å². The van der Waals surface area contributed by atoms with Gasteiger partial charge in [0.25, 0.3) is 0 Å². The minimum atomic E-state index is -2.56. The van der Waals surface area contributed by atoms with E-state index in [4.69, 9.17) is 24.4 Å². The third-order valence-electron chi connectivity index (χ3n) is 9.15. The Balaban J connectivity index is 1.31. The molecule has 5 rings (SSSR count). The van der Waals surface area contributed by atoms with Gasteiger partial charge in [0.15, 0.2) is 24.4 Å². The standard InChI is InChI=1S/C29H33NO15/c1-12(25(38)44-16(24(36)37)10-18(32)33)42-26(39)20(34)21(35)27(40)43-15-5-6-29(41)17-9-13-3-4-14(11-31)22-19(13)28(29,23(15)45-22)7-8-30(17)2/h3-5,12,16-17,20-21,23,31,34-35,41H,6-11H2,1-2H3,(H,32,33)(H,36,37)/t12-,16+,17+,20+,21+,23-,28-,29+/m0/s1. The van der Waals surface area contributed by atoms with Crippen LogP contribution in [0.1, 0.15) is 42.9 Å². The number of carbonyl (C=O) groups excluding carboxylic acids is 3. The van der Waals surface area contributed by atoms with Crippen molar-refractivity contribution < 1.29 is 73.6 Å². The van der Waals surface area contributed by atoms with E-state index in [1.54, 1.807) is 6.07 Å². The molecule has 1 aromatic rings. The third-order valence-corrected chi connectivity index (χ3v) is 9.15. The van der Waals surface area contributed by atoms with E-state index in [-0.39, 0.29) is 24.8 Å². The largest absolute Gasteiger partial charge is 0.481 e. The molecule has 0 radical (unpaired) electrons. The fourth-order valence-electron chi connectivity index (χ4n) is 6.93. The molecule has 4 aliphatic rings. The SMILES string of the molecule is C[C@H](OC(=O)[C@H](O)[C@@H](O)C(=O)OC1=CC[C@@]2(O)[C@H]3Cc4ccc(CO)c5c4[C@@]2(CCN3C)[C@H]1O5)C(=O)O[C@H](CC(=O)O)C(=O)O. The minimum Gasteiger partial charge on any atom is -0.481 e. The Labute approximate surface area is 255 Å². The van der Waals surface area contributed by atoms with Crippen molar-refractivity contribution in [3.63, 3.8) is 0 Å². The zero-order valence-corrected chi connectivity index (χ0v) is 24.2. The van der Waals surface area contributed by atoms with Crippen LogP contribution in [0.4, 0.5) is 0 Å². The van der Waals surface area contributed by atoms with Crippen molar-refractivity contribution in [2.45, 2.75) is 86.8 Å². The molecule has 1 fully saturated rings. The summed E-state index contributed by atoms with van der Waals surface area (Å²) in [6.45, 7) is 1.17. The molecular formula is C29H33NO15. The molecule has 2 heterocycles. The van der Waals surface area contributed by atoms with Gasteiger partial charge in [-0.15, -0.1) is 0 Å². The first kappa shape index (κ1) is 32.3. The van der Waals surface area contributed by atoms with E-state index in [2.05, 4.69) is 9.64 Å². The van der Waals surface area contributed by atoms with E-state index >= 15 is 0 Å². The van der Waals surface area contributed by atoms with E-state index in [0.29, 0.717) is 30.7 Å². The van der Waals surface area contributed by atoms with Crippen LogP contribution in [0.2, 0.25) is 0 Å². The smallest absolute Gasteiger partial charge is 0.348 e. The van der Waals surface area contributed by atoms with Crippen molar-refractivity contribution in [1.82, 2.24) is 4.90 Å². The quantitative estimate of drug-likeness (QED) is 0.115. The summed E-state index contributed by atoms with van der Waals surface area (Å²) < 4.78 is 21.0. The van der Waals surface area contributed by atoms with Crippen LogP contribution in [0, 0.1) is 0 Å². The average molecular weight is 636 g/mol. The van der Waals surface area contributed by atoms with Crippen molar-refractivity contribution in [3.8, 4) is 5.75 Å². The molecule has 2 aliphatic heterocycles. The lowest BCUT2D eigenvalue weighted by atomic mass is 9.50. The summed E-state index contributed by atoms with van der Waals surface area (Å²) in [6.07, 6.45) is -8.69. The number of aliphatic hydroxyl groups is 4. The highest BCUT2D eigenvalue weighted by atomic mass is 16.6. The Morgan fingerprint density at radius 3 is 2.40 bits per heavy atom. The number of benzene rings is 1. The zero-order valence-electron chi connectivity index (χ0n) is 24.2. The third kappa shape index (κ3) is 5.11. The van der Waals surface area contributed by atoms with Gasteiger partial charge in [-0.3, -0.25) is 4.79 Å². The second-order valence-electron chi connectivity index (χ2n) is 11.7. The first-order valence-electron chi connectivity index (χ1n) is 14.1. The minimum absolute atomic E-state index is 0.0479. The molecule has 16 nitrogen and oxygen atoms in total. The predicted octanol–water partition coefficient (Wildman–Crippen LogP) is -1.88. The molecule has 0 amide bonds. The van der Waals surface area contributed by atoms with Gasteiger partial charge in [0.2, 0.25) is 6.10 Å². The van der Waals surface area contributed by atoms with Crippen molar-refractivity contribution in [3.05, 3.63) is 40.7 Å². The summed E-state index contributed by atoms with van der Waals surface area (Å²) >= 11 is 0. The topological polar surface area (TPSA) is 247 Å². The monoisotopic (exact) mass is 635 g/mol. The van der Waals surface area contributed by atoms with Crippen LogP contribution in [0.3, 0.4) is 0 Å². The molecule has 0 aromatic heterocycles. The van der Waals surface area contributed by atoms with Crippen LogP contribution in [0.25, 0.3) is 0 Å². The van der Waals surface area contributed by atoms with Gasteiger partial charge in [0.1, 0.15) is 11.5 Å². The first-order chi connectivity index (χ1) is 21.2. The molecule has 0 unspecified atom stereocenters. The molecule has 2 aliphatic carbocycles.